The van der Waals surface area contributed by atoms with Crippen molar-refractivity contribution < 1.29 is 28.4 Å². The third-order valence-corrected chi connectivity index (χ3v) is 5.09. The van der Waals surface area contributed by atoms with Gasteiger partial charge in [0, 0.05) is 18.4 Å². The Morgan fingerprint density at radius 3 is 2.69 bits per heavy atom. The van der Waals surface area contributed by atoms with E-state index >= 15 is 0 Å². The number of furan rings is 2. The van der Waals surface area contributed by atoms with E-state index in [1.807, 2.05) is 32.3 Å². The molecular weight excluding hydrogens is 372 g/mol. The van der Waals surface area contributed by atoms with Gasteiger partial charge < -0.3 is 23.7 Å². The van der Waals surface area contributed by atoms with Crippen molar-refractivity contribution in [2.75, 3.05) is 27.2 Å². The van der Waals surface area contributed by atoms with E-state index in [0.717, 1.165) is 18.4 Å². The maximum absolute atomic E-state index is 13.3. The molecular formula is C22H23N2O5+. The molecule has 0 saturated heterocycles. The lowest BCUT2D eigenvalue weighted by molar-refractivity contribution is -0.858. The van der Waals surface area contributed by atoms with Gasteiger partial charge in [-0.15, -0.1) is 0 Å². The molecule has 0 saturated carbocycles. The molecule has 0 spiro atoms. The molecule has 2 N–H and O–H groups in total. The van der Waals surface area contributed by atoms with Crippen LogP contribution in [0, 0.1) is 0 Å². The number of Topliss-reactive ketones (excluding diaryl/α,β-unsaturated/α-hetero) is 1. The van der Waals surface area contributed by atoms with E-state index in [4.69, 9.17) is 8.83 Å². The Morgan fingerprint density at radius 1 is 1.21 bits per heavy atom. The molecule has 29 heavy (non-hydrogen) atoms. The predicted molar refractivity (Wildman–Crippen MR) is 106 cm³/mol. The number of nitrogens with zero attached hydrogens (tertiary/aromatic N) is 1. The molecule has 2 aromatic heterocycles. The Morgan fingerprint density at radius 2 is 2.00 bits per heavy atom. The number of benzene rings is 1. The van der Waals surface area contributed by atoms with E-state index in [9.17, 15) is 14.7 Å². The first-order valence-electron chi connectivity index (χ1n) is 9.57. The topological polar surface area (TPSA) is 88.3 Å². The molecule has 3 heterocycles. The molecule has 150 valence electrons. The second kappa shape index (κ2) is 7.60. The largest absolute Gasteiger partial charge is 0.503 e. The number of carbonyl (C=O) groups is 2. The molecule has 4 rings (SSSR count). The third kappa shape index (κ3) is 3.45. The smallest absolute Gasteiger partial charge is 0.290 e. The van der Waals surface area contributed by atoms with Gasteiger partial charge in [0.05, 0.1) is 32.5 Å². The van der Waals surface area contributed by atoms with Crippen LogP contribution in [0.4, 0.5) is 0 Å². The van der Waals surface area contributed by atoms with Gasteiger partial charge in [0.25, 0.3) is 5.91 Å². The van der Waals surface area contributed by atoms with Crippen molar-refractivity contribution in [3.05, 3.63) is 71.6 Å². The van der Waals surface area contributed by atoms with Crippen molar-refractivity contribution in [3.8, 4) is 0 Å². The van der Waals surface area contributed by atoms with E-state index in [-0.39, 0.29) is 11.3 Å². The molecule has 3 aromatic rings. The number of ketones is 1. The van der Waals surface area contributed by atoms with Crippen molar-refractivity contribution in [2.24, 2.45) is 0 Å². The highest BCUT2D eigenvalue weighted by Crippen LogP contribution is 2.39. The van der Waals surface area contributed by atoms with Crippen LogP contribution in [0.3, 0.4) is 0 Å². The van der Waals surface area contributed by atoms with Crippen LogP contribution >= 0.6 is 0 Å². The van der Waals surface area contributed by atoms with Crippen molar-refractivity contribution in [2.45, 2.75) is 12.5 Å². The summed E-state index contributed by atoms with van der Waals surface area (Å²) in [4.78, 5) is 28.8. The number of amides is 1. The first kappa shape index (κ1) is 19.0. The van der Waals surface area contributed by atoms with Crippen LogP contribution in [-0.4, -0.2) is 48.9 Å². The molecule has 7 heteroatoms. The highest BCUT2D eigenvalue weighted by atomic mass is 16.3. The fourth-order valence-electron chi connectivity index (χ4n) is 3.69. The van der Waals surface area contributed by atoms with Gasteiger partial charge in [-0.2, -0.15) is 0 Å². The van der Waals surface area contributed by atoms with Gasteiger partial charge in [-0.1, -0.05) is 18.2 Å². The fraction of sp³-hybridized carbons (Fsp3) is 0.273. The van der Waals surface area contributed by atoms with Crippen LogP contribution in [0.25, 0.3) is 11.0 Å². The average molecular weight is 395 g/mol. The van der Waals surface area contributed by atoms with Crippen LogP contribution in [0.15, 0.2) is 68.9 Å². The summed E-state index contributed by atoms with van der Waals surface area (Å²) in [6.45, 7) is 1.25. The SMILES string of the molecule is C[NH+](C)CCCN1C(=O)C(O)=C(C(=O)c2cc3ccccc3o2)[C@@H]1c1ccco1. The van der Waals surface area contributed by atoms with Crippen LogP contribution in [0.1, 0.15) is 28.8 Å². The van der Waals surface area contributed by atoms with Crippen molar-refractivity contribution in [1.29, 1.82) is 0 Å². The number of carbonyl (C=O) groups excluding carboxylic acids is 2. The van der Waals surface area contributed by atoms with E-state index in [1.165, 1.54) is 16.1 Å². The maximum Gasteiger partial charge on any atom is 0.290 e. The standard InChI is InChI=1S/C22H22N2O5/c1-23(2)10-6-11-24-19(16-9-5-12-28-16)18(21(26)22(24)27)20(25)17-13-14-7-3-4-8-15(14)29-17/h3-5,7-9,12-13,19,26H,6,10-11H2,1-2H3/p+1/t19-/m0/s1. The summed E-state index contributed by atoms with van der Waals surface area (Å²) in [6, 6.07) is 11.5. The van der Waals surface area contributed by atoms with Gasteiger partial charge in [0.2, 0.25) is 5.78 Å². The zero-order chi connectivity index (χ0) is 20.5. The monoisotopic (exact) mass is 395 g/mol. The Bertz CT molecular complexity index is 1040. The number of hydrogen-bond donors (Lipinski definition) is 2. The number of fused-ring (bicyclic) bond motifs is 1. The van der Waals surface area contributed by atoms with Crippen LogP contribution in [-0.2, 0) is 4.79 Å². The highest BCUT2D eigenvalue weighted by Gasteiger charge is 2.45. The molecule has 7 nitrogen and oxygen atoms in total. The minimum absolute atomic E-state index is 0.0128. The second-order valence-corrected chi connectivity index (χ2v) is 7.47. The summed E-state index contributed by atoms with van der Waals surface area (Å²) in [5.41, 5.74) is 0.557. The van der Waals surface area contributed by atoms with E-state index in [1.54, 1.807) is 24.3 Å². The minimum atomic E-state index is -0.782. The van der Waals surface area contributed by atoms with Gasteiger partial charge in [-0.25, -0.2) is 0 Å². The maximum atomic E-state index is 13.3. The summed E-state index contributed by atoms with van der Waals surface area (Å²) in [5.74, 6) is -1.13. The summed E-state index contributed by atoms with van der Waals surface area (Å²) >= 11 is 0. The highest BCUT2D eigenvalue weighted by molar-refractivity contribution is 6.15. The summed E-state index contributed by atoms with van der Waals surface area (Å²) in [6.07, 6.45) is 2.21. The average Bonchev–Trinajstić information content (AvgIpc) is 3.41. The molecule has 0 radical (unpaired) electrons. The van der Waals surface area contributed by atoms with Crippen LogP contribution in [0.5, 0.6) is 0 Å². The number of quaternary nitrogens is 1. The number of para-hydroxylation sites is 1. The number of hydrogen-bond acceptors (Lipinski definition) is 5. The molecule has 0 aliphatic carbocycles. The van der Waals surface area contributed by atoms with Crippen molar-refractivity contribution in [3.63, 3.8) is 0 Å². The molecule has 0 bridgehead atoms. The fourth-order valence-corrected chi connectivity index (χ4v) is 3.69. The zero-order valence-corrected chi connectivity index (χ0v) is 16.3. The molecule has 1 aromatic carbocycles. The summed E-state index contributed by atoms with van der Waals surface area (Å²) in [5, 5.41) is 11.4. The Hall–Kier alpha value is -3.32. The van der Waals surface area contributed by atoms with Crippen molar-refractivity contribution >= 4 is 22.7 Å². The van der Waals surface area contributed by atoms with E-state index in [0.29, 0.717) is 17.9 Å². The molecule has 0 fully saturated rings. The Kier molecular flexibility index (Phi) is 4.98. The van der Waals surface area contributed by atoms with Gasteiger partial charge in [-0.05, 0) is 24.3 Å². The third-order valence-electron chi connectivity index (χ3n) is 5.09. The first-order chi connectivity index (χ1) is 14.0. The van der Waals surface area contributed by atoms with E-state index < -0.39 is 23.5 Å². The quantitative estimate of drug-likeness (QED) is 0.599. The Balaban J connectivity index is 1.71. The first-order valence-corrected chi connectivity index (χ1v) is 9.57. The number of rotatable bonds is 7. The molecule has 1 aliphatic rings. The zero-order valence-electron chi connectivity index (χ0n) is 16.3. The van der Waals surface area contributed by atoms with Gasteiger partial charge in [0.15, 0.2) is 11.5 Å². The lowest BCUT2D eigenvalue weighted by Gasteiger charge is -2.24. The number of aliphatic hydroxyl groups is 1. The predicted octanol–water partition coefficient (Wildman–Crippen LogP) is 2.14. The van der Waals surface area contributed by atoms with Gasteiger partial charge in [0.1, 0.15) is 17.4 Å². The lowest BCUT2D eigenvalue weighted by Crippen LogP contribution is -3.05. The Labute approximate surface area is 167 Å². The summed E-state index contributed by atoms with van der Waals surface area (Å²) in [7, 11) is 4.06. The normalized spacial score (nSPS) is 17.1. The summed E-state index contributed by atoms with van der Waals surface area (Å²) < 4.78 is 11.2. The van der Waals surface area contributed by atoms with Crippen LogP contribution < -0.4 is 4.90 Å². The van der Waals surface area contributed by atoms with Crippen LogP contribution in [0.2, 0.25) is 0 Å². The molecule has 1 atom stereocenters. The van der Waals surface area contributed by atoms with Gasteiger partial charge >= 0.3 is 0 Å². The van der Waals surface area contributed by atoms with Crippen molar-refractivity contribution in [1.82, 2.24) is 4.90 Å². The second-order valence-electron chi connectivity index (χ2n) is 7.47. The lowest BCUT2D eigenvalue weighted by atomic mass is 9.99. The number of aliphatic hydroxyl groups excluding tert-OH is 1. The minimum Gasteiger partial charge on any atom is -0.503 e. The molecule has 1 aliphatic heterocycles. The van der Waals surface area contributed by atoms with Gasteiger partial charge in [-0.3, -0.25) is 9.59 Å². The molecule has 0 unspecified atom stereocenters. The number of nitrogens with one attached hydrogen (secondary N) is 1. The molecule has 1 amide bonds. The van der Waals surface area contributed by atoms with E-state index in [2.05, 4.69) is 0 Å².